The summed E-state index contributed by atoms with van der Waals surface area (Å²) in [4.78, 5) is 12.9. The van der Waals surface area contributed by atoms with Gasteiger partial charge in [0.05, 0.1) is 0 Å². The van der Waals surface area contributed by atoms with Crippen LogP contribution in [-0.4, -0.2) is 12.5 Å². The predicted octanol–water partition coefficient (Wildman–Crippen LogP) is 6.79. The number of benzene rings is 3. The Morgan fingerprint density at radius 1 is 1.00 bits per heavy atom. The Morgan fingerprint density at radius 2 is 1.76 bits per heavy atom. The third-order valence-corrected chi connectivity index (χ3v) is 5.02. The molecule has 0 aliphatic carbocycles. The van der Waals surface area contributed by atoms with Crippen molar-refractivity contribution in [3.8, 4) is 11.1 Å². The number of allylic oxidation sites excluding steroid dienone is 1. The lowest BCUT2D eigenvalue weighted by Crippen LogP contribution is -2.25. The first kappa shape index (κ1) is 20.9. The lowest BCUT2D eigenvalue weighted by Gasteiger charge is -2.12. The smallest absolute Gasteiger partial charge is 0.251 e. The zero-order valence-corrected chi connectivity index (χ0v) is 17.5. The summed E-state index contributed by atoms with van der Waals surface area (Å²) in [6.45, 7) is 2.80. The molecular formula is C26H26ClNO. The van der Waals surface area contributed by atoms with Crippen molar-refractivity contribution in [2.24, 2.45) is 0 Å². The standard InChI is InChI=1S/C26H26ClNO/c1-2-3-18-28-26(29)25-19-21(11-7-10-20-8-5-4-6-9-20)12-17-24(25)22-13-15-23(27)16-14-22/h4-9,11-17,19H,2-3,10,18H2,1H3,(H,28,29)/b11-7+. The van der Waals surface area contributed by atoms with Gasteiger partial charge in [-0.1, -0.05) is 91.7 Å². The lowest BCUT2D eigenvalue weighted by molar-refractivity contribution is 0.0954. The number of rotatable bonds is 8. The molecule has 0 bridgehead atoms. The highest BCUT2D eigenvalue weighted by Crippen LogP contribution is 2.27. The molecule has 3 rings (SSSR count). The number of halogens is 1. The van der Waals surface area contributed by atoms with E-state index in [1.807, 2.05) is 60.7 Å². The molecule has 0 saturated heterocycles. The largest absolute Gasteiger partial charge is 0.352 e. The van der Waals surface area contributed by atoms with E-state index in [9.17, 15) is 4.79 Å². The zero-order chi connectivity index (χ0) is 20.5. The monoisotopic (exact) mass is 403 g/mol. The molecule has 0 aliphatic rings. The van der Waals surface area contributed by atoms with Crippen LogP contribution in [0.25, 0.3) is 17.2 Å². The Balaban J connectivity index is 1.86. The summed E-state index contributed by atoms with van der Waals surface area (Å²) in [6.07, 6.45) is 7.08. The maximum Gasteiger partial charge on any atom is 0.251 e. The van der Waals surface area contributed by atoms with Crippen LogP contribution in [0.2, 0.25) is 5.02 Å². The first-order chi connectivity index (χ1) is 14.2. The molecule has 3 aromatic rings. The van der Waals surface area contributed by atoms with Gasteiger partial charge in [0.1, 0.15) is 0 Å². The first-order valence-corrected chi connectivity index (χ1v) is 10.4. The minimum atomic E-state index is -0.0401. The van der Waals surface area contributed by atoms with Crippen LogP contribution in [0, 0.1) is 0 Å². The van der Waals surface area contributed by atoms with Gasteiger partial charge in [0.15, 0.2) is 0 Å². The van der Waals surface area contributed by atoms with E-state index < -0.39 is 0 Å². The predicted molar refractivity (Wildman–Crippen MR) is 123 cm³/mol. The van der Waals surface area contributed by atoms with E-state index in [-0.39, 0.29) is 5.91 Å². The molecule has 29 heavy (non-hydrogen) atoms. The summed E-state index contributed by atoms with van der Waals surface area (Å²) >= 11 is 6.03. The van der Waals surface area contributed by atoms with E-state index in [4.69, 9.17) is 11.6 Å². The average Bonchev–Trinajstić information content (AvgIpc) is 2.75. The van der Waals surface area contributed by atoms with Crippen molar-refractivity contribution in [1.29, 1.82) is 0 Å². The molecule has 148 valence electrons. The number of carbonyl (C=O) groups is 1. The highest BCUT2D eigenvalue weighted by Gasteiger charge is 2.13. The maximum atomic E-state index is 12.9. The fourth-order valence-corrected chi connectivity index (χ4v) is 3.28. The van der Waals surface area contributed by atoms with Gasteiger partial charge in [-0.25, -0.2) is 0 Å². The van der Waals surface area contributed by atoms with Crippen molar-refractivity contribution in [2.75, 3.05) is 6.54 Å². The van der Waals surface area contributed by atoms with Gasteiger partial charge < -0.3 is 5.32 Å². The normalized spacial score (nSPS) is 11.0. The fraction of sp³-hybridized carbons (Fsp3) is 0.192. The van der Waals surface area contributed by atoms with Gasteiger partial charge in [-0.2, -0.15) is 0 Å². The van der Waals surface area contributed by atoms with E-state index in [0.29, 0.717) is 17.1 Å². The minimum Gasteiger partial charge on any atom is -0.352 e. The van der Waals surface area contributed by atoms with E-state index in [1.54, 1.807) is 0 Å². The summed E-state index contributed by atoms with van der Waals surface area (Å²) in [7, 11) is 0. The van der Waals surface area contributed by atoms with Crippen molar-refractivity contribution in [3.63, 3.8) is 0 Å². The molecular weight excluding hydrogens is 378 g/mol. The second kappa shape index (κ2) is 10.6. The van der Waals surface area contributed by atoms with Gasteiger partial charge >= 0.3 is 0 Å². The van der Waals surface area contributed by atoms with Crippen molar-refractivity contribution in [1.82, 2.24) is 5.32 Å². The lowest BCUT2D eigenvalue weighted by atomic mass is 9.96. The SMILES string of the molecule is CCCCNC(=O)c1cc(/C=C/Cc2ccccc2)ccc1-c1ccc(Cl)cc1. The number of hydrogen-bond donors (Lipinski definition) is 1. The molecule has 0 unspecified atom stereocenters. The Morgan fingerprint density at radius 3 is 2.48 bits per heavy atom. The quantitative estimate of drug-likeness (QED) is 0.412. The minimum absolute atomic E-state index is 0.0401. The van der Waals surface area contributed by atoms with E-state index in [2.05, 4.69) is 36.5 Å². The second-order valence-corrected chi connectivity index (χ2v) is 7.45. The van der Waals surface area contributed by atoms with Crippen LogP contribution in [0.3, 0.4) is 0 Å². The van der Waals surface area contributed by atoms with Gasteiger partial charge in [0, 0.05) is 17.1 Å². The molecule has 3 aromatic carbocycles. The van der Waals surface area contributed by atoms with E-state index in [0.717, 1.165) is 36.0 Å². The maximum absolute atomic E-state index is 12.9. The van der Waals surface area contributed by atoms with Crippen LogP contribution in [0.15, 0.2) is 78.9 Å². The summed E-state index contributed by atoms with van der Waals surface area (Å²) < 4.78 is 0. The van der Waals surface area contributed by atoms with Crippen molar-refractivity contribution in [3.05, 3.63) is 101 Å². The molecule has 0 aromatic heterocycles. The van der Waals surface area contributed by atoms with Gasteiger partial charge in [-0.3, -0.25) is 4.79 Å². The van der Waals surface area contributed by atoms with Crippen molar-refractivity contribution >= 4 is 23.6 Å². The third kappa shape index (κ3) is 6.07. The Bertz CT molecular complexity index is 962. The Labute approximate surface area is 178 Å². The number of carbonyl (C=O) groups excluding carboxylic acids is 1. The summed E-state index contributed by atoms with van der Waals surface area (Å²) in [5, 5.41) is 3.72. The summed E-state index contributed by atoms with van der Waals surface area (Å²) in [5.41, 5.74) is 4.86. The van der Waals surface area contributed by atoms with E-state index >= 15 is 0 Å². The zero-order valence-electron chi connectivity index (χ0n) is 16.7. The topological polar surface area (TPSA) is 29.1 Å². The highest BCUT2D eigenvalue weighted by atomic mass is 35.5. The summed E-state index contributed by atoms with van der Waals surface area (Å²) in [6, 6.07) is 24.0. The van der Waals surface area contributed by atoms with Crippen LogP contribution in [0.4, 0.5) is 0 Å². The van der Waals surface area contributed by atoms with E-state index in [1.165, 1.54) is 5.56 Å². The number of hydrogen-bond acceptors (Lipinski definition) is 1. The molecule has 1 amide bonds. The van der Waals surface area contributed by atoms with Crippen molar-refractivity contribution < 1.29 is 4.79 Å². The number of amides is 1. The third-order valence-electron chi connectivity index (χ3n) is 4.77. The van der Waals surface area contributed by atoms with Gasteiger partial charge in [0.25, 0.3) is 5.91 Å². The molecule has 0 aliphatic heterocycles. The van der Waals surface area contributed by atoms with Gasteiger partial charge in [-0.15, -0.1) is 0 Å². The molecule has 0 heterocycles. The number of nitrogens with one attached hydrogen (secondary N) is 1. The Hall–Kier alpha value is -2.84. The molecule has 0 spiro atoms. The molecule has 3 heteroatoms. The fourth-order valence-electron chi connectivity index (χ4n) is 3.15. The van der Waals surface area contributed by atoms with Gasteiger partial charge in [-0.05, 0) is 53.3 Å². The van der Waals surface area contributed by atoms with Gasteiger partial charge in [0.2, 0.25) is 0 Å². The molecule has 0 radical (unpaired) electrons. The van der Waals surface area contributed by atoms with Crippen LogP contribution < -0.4 is 5.32 Å². The molecule has 0 atom stereocenters. The molecule has 1 N–H and O–H groups in total. The average molecular weight is 404 g/mol. The molecule has 2 nitrogen and oxygen atoms in total. The molecule has 0 saturated carbocycles. The number of unbranched alkanes of at least 4 members (excludes halogenated alkanes) is 1. The van der Waals surface area contributed by atoms with Crippen LogP contribution >= 0.6 is 11.6 Å². The Kier molecular flexibility index (Phi) is 7.66. The first-order valence-electron chi connectivity index (χ1n) is 10.1. The van der Waals surface area contributed by atoms with Crippen LogP contribution in [0.5, 0.6) is 0 Å². The van der Waals surface area contributed by atoms with Crippen LogP contribution in [0.1, 0.15) is 41.3 Å². The van der Waals surface area contributed by atoms with Crippen molar-refractivity contribution in [2.45, 2.75) is 26.2 Å². The highest BCUT2D eigenvalue weighted by molar-refractivity contribution is 6.30. The summed E-state index contributed by atoms with van der Waals surface area (Å²) in [5.74, 6) is -0.0401. The molecule has 0 fully saturated rings. The van der Waals surface area contributed by atoms with Crippen LogP contribution in [-0.2, 0) is 6.42 Å². The second-order valence-electron chi connectivity index (χ2n) is 7.01.